The van der Waals surface area contributed by atoms with Crippen molar-refractivity contribution in [1.82, 2.24) is 19.0 Å². The Kier molecular flexibility index (Phi) is 8.06. The molecule has 0 aliphatic carbocycles. The van der Waals surface area contributed by atoms with Crippen LogP contribution in [0, 0.1) is 0 Å². The maximum absolute atomic E-state index is 6.81. The van der Waals surface area contributed by atoms with Crippen molar-refractivity contribution in [2.24, 2.45) is 0 Å². The lowest BCUT2D eigenvalue weighted by Crippen LogP contribution is -2.52. The summed E-state index contributed by atoms with van der Waals surface area (Å²) in [7, 11) is -0.258. The van der Waals surface area contributed by atoms with E-state index < -0.39 is 0 Å². The average molecular weight is 801 g/mol. The molecule has 2 aliphatic rings. The Labute approximate surface area is 360 Å². The minimum absolute atomic E-state index is 0.0148. The predicted octanol–water partition coefficient (Wildman–Crippen LogP) is 13.6. The van der Waals surface area contributed by atoms with Crippen LogP contribution in [0.5, 0.6) is 11.5 Å². The summed E-state index contributed by atoms with van der Waals surface area (Å²) in [6.07, 6.45) is 5.93. The molecule has 5 heterocycles. The monoisotopic (exact) mass is 800 g/mol. The maximum atomic E-state index is 6.81. The Balaban J connectivity index is 0.982. The Bertz CT molecular complexity index is 3290. The molecule has 7 nitrogen and oxygen atoms in total. The smallest absolute Gasteiger partial charge is 0.457 e. The number of rotatable bonds is 6. The van der Waals surface area contributed by atoms with E-state index in [-0.39, 0.29) is 12.5 Å². The van der Waals surface area contributed by atoms with Crippen molar-refractivity contribution in [2.45, 2.75) is 26.2 Å². The molecule has 7 aromatic carbocycles. The molecule has 8 heteroatoms. The van der Waals surface area contributed by atoms with E-state index >= 15 is 0 Å². The Morgan fingerprint density at radius 1 is 0.500 bits per heavy atom. The summed E-state index contributed by atoms with van der Waals surface area (Å²) in [5, 5.41) is 2.32. The molecule has 0 radical (unpaired) electrons. The molecule has 0 fully saturated rings. The molecule has 0 unspecified atom stereocenters. The zero-order valence-corrected chi connectivity index (χ0v) is 34.6. The van der Waals surface area contributed by atoms with Gasteiger partial charge in [0.05, 0.1) is 22.4 Å². The molecule has 0 saturated heterocycles. The molecule has 10 aromatic rings. The average Bonchev–Trinajstić information content (AvgIpc) is 4.02. The largest absolute Gasteiger partial charge is 0.519 e. The minimum Gasteiger partial charge on any atom is -0.457 e. The lowest BCUT2D eigenvalue weighted by atomic mass is 9.80. The van der Waals surface area contributed by atoms with Gasteiger partial charge in [0.15, 0.2) is 0 Å². The van der Waals surface area contributed by atoms with Gasteiger partial charge in [0.25, 0.3) is 0 Å². The van der Waals surface area contributed by atoms with Gasteiger partial charge in [-0.2, -0.15) is 0 Å². The molecule has 0 spiro atoms. The van der Waals surface area contributed by atoms with Crippen molar-refractivity contribution in [3.05, 3.63) is 200 Å². The van der Waals surface area contributed by atoms with Crippen LogP contribution < -0.4 is 14.4 Å². The molecule has 0 atom stereocenters. The highest BCUT2D eigenvalue weighted by Crippen LogP contribution is 2.55. The van der Waals surface area contributed by atoms with Crippen LogP contribution in [0.25, 0.3) is 61.3 Å². The number of benzene rings is 7. The molecule has 62 heavy (non-hydrogen) atoms. The molecule has 0 saturated carbocycles. The summed E-state index contributed by atoms with van der Waals surface area (Å²) in [5.74, 6) is 3.24. The number of aromatic nitrogens is 4. The lowest BCUT2D eigenvalue weighted by molar-refractivity contribution is 0.483. The number of pyridine rings is 1. The number of ether oxygens (including phenoxy) is 1. The summed E-state index contributed by atoms with van der Waals surface area (Å²) < 4.78 is 11.4. The second-order valence-corrected chi connectivity index (χ2v) is 17.1. The van der Waals surface area contributed by atoms with Crippen LogP contribution >= 0.6 is 0 Å². The molecular weight excluding hydrogens is 759 g/mol. The van der Waals surface area contributed by atoms with Gasteiger partial charge in [-0.15, -0.1) is 0 Å². The lowest BCUT2D eigenvalue weighted by Gasteiger charge is -2.36. The highest BCUT2D eigenvalue weighted by Gasteiger charge is 2.50. The highest BCUT2D eigenvalue weighted by atomic mass is 16.5. The zero-order valence-electron chi connectivity index (χ0n) is 34.6. The Hall–Kier alpha value is -7.84. The molecular formula is C54H41BN6O. The summed E-state index contributed by atoms with van der Waals surface area (Å²) in [5.41, 5.74) is 13.5. The van der Waals surface area contributed by atoms with Crippen LogP contribution in [0.2, 0.25) is 0 Å². The van der Waals surface area contributed by atoms with Crippen LogP contribution in [-0.2, 0) is 5.41 Å². The van der Waals surface area contributed by atoms with Gasteiger partial charge in [0.2, 0.25) is 0 Å². The molecule has 0 amide bonds. The number of imidazole rings is 1. The first-order valence-corrected chi connectivity index (χ1v) is 21.2. The summed E-state index contributed by atoms with van der Waals surface area (Å²) >= 11 is 0. The van der Waals surface area contributed by atoms with E-state index in [1.165, 1.54) is 10.9 Å². The topological polar surface area (TPSA) is 51.4 Å². The number of hydrogen-bond donors (Lipinski definition) is 0. The van der Waals surface area contributed by atoms with Crippen molar-refractivity contribution in [1.29, 1.82) is 0 Å². The van der Waals surface area contributed by atoms with Crippen LogP contribution in [0.1, 0.15) is 26.3 Å². The van der Waals surface area contributed by atoms with E-state index in [4.69, 9.17) is 14.7 Å². The van der Waals surface area contributed by atoms with E-state index in [0.717, 1.165) is 90.1 Å². The maximum Gasteiger partial charge on any atom is 0.519 e. The third-order valence-corrected chi connectivity index (χ3v) is 12.4. The first kappa shape index (κ1) is 36.1. The summed E-state index contributed by atoms with van der Waals surface area (Å²) in [6, 6.07) is 62.4. The quantitative estimate of drug-likeness (QED) is 0.157. The van der Waals surface area contributed by atoms with Crippen LogP contribution in [-0.4, -0.2) is 26.1 Å². The van der Waals surface area contributed by atoms with Gasteiger partial charge >= 0.3 is 7.12 Å². The van der Waals surface area contributed by atoms with Crippen molar-refractivity contribution in [3.8, 4) is 51.0 Å². The SMILES string of the molecule is CC(C)(C)c1ccnc(-n2c3ccccc3c3ccc(Oc4ccc5c(c4)-c4nccn4B4N5c5ccccc5N4c4c(-c5ccccc5)cccc4-c4ccccc4)cc32)c1. The first-order chi connectivity index (χ1) is 30.4. The molecule has 12 rings (SSSR count). The number of nitrogens with zero attached hydrogens (tertiary/aromatic N) is 6. The van der Waals surface area contributed by atoms with Gasteiger partial charge in [-0.05, 0) is 82.8 Å². The third-order valence-electron chi connectivity index (χ3n) is 12.4. The Morgan fingerprint density at radius 3 is 1.89 bits per heavy atom. The summed E-state index contributed by atoms with van der Waals surface area (Å²) in [4.78, 5) is 14.9. The number of para-hydroxylation sites is 4. The van der Waals surface area contributed by atoms with Crippen molar-refractivity contribution >= 4 is 51.7 Å². The zero-order chi connectivity index (χ0) is 41.5. The minimum atomic E-state index is -0.258. The normalized spacial score (nSPS) is 13.0. The van der Waals surface area contributed by atoms with Gasteiger partial charge in [-0.25, -0.2) is 9.97 Å². The Morgan fingerprint density at radius 2 is 1.15 bits per heavy atom. The van der Waals surface area contributed by atoms with E-state index in [0.29, 0.717) is 0 Å². The summed E-state index contributed by atoms with van der Waals surface area (Å²) in [6.45, 7) is 6.71. The van der Waals surface area contributed by atoms with E-state index in [1.807, 2.05) is 12.4 Å². The second kappa shape index (κ2) is 13.9. The third kappa shape index (κ3) is 5.60. The number of fused-ring (bicyclic) bond motifs is 11. The van der Waals surface area contributed by atoms with E-state index in [1.54, 1.807) is 0 Å². The predicted molar refractivity (Wildman–Crippen MR) is 254 cm³/mol. The van der Waals surface area contributed by atoms with Crippen molar-refractivity contribution in [2.75, 3.05) is 9.62 Å². The molecule has 296 valence electrons. The number of hydrogen-bond acceptors (Lipinski definition) is 5. The van der Waals surface area contributed by atoms with Gasteiger partial charge < -0.3 is 18.8 Å². The van der Waals surface area contributed by atoms with Gasteiger partial charge in [0, 0.05) is 63.5 Å². The standard InChI is InChI=1S/C54H41BN6O/c1-54(2,3)38-29-30-56-51(33-38)59-46-22-11-10-19-43(46)44-27-25-40(35-50(44)59)62-39-26-28-47-45(34-39)53-57-31-32-58(53)55-60(47)48-23-12-13-24-49(48)61(55)52-41(36-15-6-4-7-16-36)20-14-21-42(52)37-17-8-5-9-18-37/h4-35H,1-3H3. The number of anilines is 4. The fourth-order valence-corrected chi connectivity index (χ4v) is 9.56. The van der Waals surface area contributed by atoms with E-state index in [9.17, 15) is 0 Å². The van der Waals surface area contributed by atoms with Crippen LogP contribution in [0.4, 0.5) is 22.7 Å². The molecule has 0 bridgehead atoms. The molecule has 2 aliphatic heterocycles. The van der Waals surface area contributed by atoms with Crippen LogP contribution in [0.3, 0.4) is 0 Å². The molecule has 0 N–H and O–H groups in total. The second-order valence-electron chi connectivity index (χ2n) is 17.1. The molecule has 3 aromatic heterocycles. The van der Waals surface area contributed by atoms with Crippen LogP contribution in [0.15, 0.2) is 195 Å². The van der Waals surface area contributed by atoms with Crippen molar-refractivity contribution < 1.29 is 4.74 Å². The first-order valence-electron chi connectivity index (χ1n) is 21.2. The fourth-order valence-electron chi connectivity index (χ4n) is 9.56. The van der Waals surface area contributed by atoms with Gasteiger partial charge in [-0.1, -0.05) is 130 Å². The highest BCUT2D eigenvalue weighted by molar-refractivity contribution is 6.73. The van der Waals surface area contributed by atoms with Gasteiger partial charge in [0.1, 0.15) is 23.1 Å². The fraction of sp³-hybridized carbons (Fsp3) is 0.0741. The van der Waals surface area contributed by atoms with Crippen molar-refractivity contribution in [3.63, 3.8) is 0 Å². The van der Waals surface area contributed by atoms with E-state index in [2.05, 4.69) is 222 Å². The van der Waals surface area contributed by atoms with Gasteiger partial charge in [-0.3, -0.25) is 4.57 Å².